The number of carboxylic acids is 1. The summed E-state index contributed by atoms with van der Waals surface area (Å²) in [5.74, 6) is -2.30. The molecule has 1 unspecified atom stereocenters. The van der Waals surface area contributed by atoms with Crippen LogP contribution in [0.2, 0.25) is 0 Å². The fourth-order valence-corrected chi connectivity index (χ4v) is 3.83. The number of hydrogen-bond donors (Lipinski definition) is 2. The number of anilines is 1. The number of oxime groups is 1. The summed E-state index contributed by atoms with van der Waals surface area (Å²) in [6, 6.07) is 0.319. The van der Waals surface area contributed by atoms with Crippen LogP contribution in [0.5, 0.6) is 0 Å². The van der Waals surface area contributed by atoms with Crippen LogP contribution in [0.1, 0.15) is 29.7 Å². The molecular weight excluding hydrogens is 400 g/mol. The number of nitrogens with two attached hydrogens (primary N) is 1. The highest BCUT2D eigenvalue weighted by Gasteiger charge is 2.43. The molecule has 3 N–H and O–H groups in total. The molecule has 2 aliphatic rings. The molecule has 0 aromatic carbocycles. The molecule has 3 atom stereocenters. The van der Waals surface area contributed by atoms with Crippen LogP contribution < -0.4 is 16.1 Å². The Hall–Kier alpha value is -3.08. The maximum Gasteiger partial charge on any atom is 0.341 e. The molecule has 11 heteroatoms. The zero-order chi connectivity index (χ0) is 21.8. The SMILES string of the molecule is CO/N=C1\CN(c2nc3c(cc2F)c(=O)c(C(=O)O)cn3[C@@H]2C[C@@H]2F)CC1(C)CN. The predicted molar refractivity (Wildman–Crippen MR) is 105 cm³/mol. The van der Waals surface area contributed by atoms with Gasteiger partial charge in [-0.2, -0.15) is 0 Å². The summed E-state index contributed by atoms with van der Waals surface area (Å²) in [6.45, 7) is 2.65. The third kappa shape index (κ3) is 3.09. The van der Waals surface area contributed by atoms with Crippen molar-refractivity contribution in [3.05, 3.63) is 33.9 Å². The third-order valence-electron chi connectivity index (χ3n) is 5.74. The van der Waals surface area contributed by atoms with Crippen LogP contribution in [-0.4, -0.2) is 59.3 Å². The first-order valence-corrected chi connectivity index (χ1v) is 9.38. The quantitative estimate of drug-likeness (QED) is 0.698. The topological polar surface area (TPSA) is 123 Å². The highest BCUT2D eigenvalue weighted by Crippen LogP contribution is 2.41. The van der Waals surface area contributed by atoms with Crippen LogP contribution >= 0.6 is 0 Å². The van der Waals surface area contributed by atoms with E-state index in [0.29, 0.717) is 12.3 Å². The van der Waals surface area contributed by atoms with E-state index in [1.807, 2.05) is 6.92 Å². The van der Waals surface area contributed by atoms with E-state index in [0.717, 1.165) is 12.3 Å². The zero-order valence-corrected chi connectivity index (χ0v) is 16.4. The largest absolute Gasteiger partial charge is 0.477 e. The van der Waals surface area contributed by atoms with Crippen molar-refractivity contribution in [3.8, 4) is 0 Å². The number of halogens is 2. The molecule has 0 radical (unpaired) electrons. The number of alkyl halides is 1. The number of carboxylic acid groups (broad SMARTS) is 1. The van der Waals surface area contributed by atoms with Crippen molar-refractivity contribution in [3.63, 3.8) is 0 Å². The van der Waals surface area contributed by atoms with Gasteiger partial charge >= 0.3 is 5.97 Å². The van der Waals surface area contributed by atoms with Crippen LogP contribution in [0.3, 0.4) is 0 Å². The average Bonchev–Trinajstić information content (AvgIpc) is 3.33. The van der Waals surface area contributed by atoms with Crippen LogP contribution in [0.4, 0.5) is 14.6 Å². The Kier molecular flexibility index (Phi) is 4.72. The van der Waals surface area contributed by atoms with E-state index in [4.69, 9.17) is 10.6 Å². The van der Waals surface area contributed by atoms with E-state index in [2.05, 4.69) is 10.1 Å². The zero-order valence-electron chi connectivity index (χ0n) is 16.4. The Labute approximate surface area is 169 Å². The van der Waals surface area contributed by atoms with Crippen LogP contribution in [0.15, 0.2) is 22.2 Å². The molecule has 2 aromatic rings. The molecule has 1 aliphatic heterocycles. The third-order valence-corrected chi connectivity index (χ3v) is 5.74. The van der Waals surface area contributed by atoms with Gasteiger partial charge in [-0.15, -0.1) is 0 Å². The molecule has 1 saturated carbocycles. The first-order chi connectivity index (χ1) is 14.2. The second-order valence-corrected chi connectivity index (χ2v) is 7.91. The Morgan fingerprint density at radius 1 is 1.53 bits per heavy atom. The molecule has 1 aliphatic carbocycles. The Balaban J connectivity index is 1.88. The molecule has 0 spiro atoms. The minimum Gasteiger partial charge on any atom is -0.477 e. The Morgan fingerprint density at radius 3 is 2.80 bits per heavy atom. The molecule has 1 saturated heterocycles. The van der Waals surface area contributed by atoms with Gasteiger partial charge in [0, 0.05) is 31.1 Å². The smallest absolute Gasteiger partial charge is 0.341 e. The van der Waals surface area contributed by atoms with E-state index in [1.54, 1.807) is 4.90 Å². The summed E-state index contributed by atoms with van der Waals surface area (Å²) in [4.78, 5) is 34.8. The van der Waals surface area contributed by atoms with E-state index in [9.17, 15) is 19.1 Å². The van der Waals surface area contributed by atoms with Crippen molar-refractivity contribution >= 4 is 28.5 Å². The lowest BCUT2D eigenvalue weighted by Gasteiger charge is -2.23. The van der Waals surface area contributed by atoms with Crippen molar-refractivity contribution in [1.82, 2.24) is 9.55 Å². The Bertz CT molecular complexity index is 1130. The predicted octanol–water partition coefficient (Wildman–Crippen LogP) is 1.30. The molecule has 30 heavy (non-hydrogen) atoms. The van der Waals surface area contributed by atoms with Gasteiger partial charge in [0.15, 0.2) is 11.6 Å². The highest BCUT2D eigenvalue weighted by atomic mass is 19.1. The van der Waals surface area contributed by atoms with Gasteiger partial charge in [-0.1, -0.05) is 12.1 Å². The number of aromatic nitrogens is 2. The molecule has 9 nitrogen and oxygen atoms in total. The number of fused-ring (bicyclic) bond motifs is 1. The summed E-state index contributed by atoms with van der Waals surface area (Å²) in [5.41, 5.74) is 4.57. The van der Waals surface area contributed by atoms with E-state index >= 15 is 4.39 Å². The van der Waals surface area contributed by atoms with Crippen LogP contribution in [0, 0.1) is 11.2 Å². The van der Waals surface area contributed by atoms with Crippen molar-refractivity contribution in [2.24, 2.45) is 16.3 Å². The van der Waals surface area contributed by atoms with E-state index < -0.39 is 40.4 Å². The number of carbonyl (C=O) groups is 1. The first kappa shape index (κ1) is 20.2. The van der Waals surface area contributed by atoms with Crippen molar-refractivity contribution in [2.75, 3.05) is 31.6 Å². The first-order valence-electron chi connectivity index (χ1n) is 9.38. The van der Waals surface area contributed by atoms with Gasteiger partial charge in [0.05, 0.1) is 23.7 Å². The molecule has 160 valence electrons. The average molecular weight is 421 g/mol. The summed E-state index contributed by atoms with van der Waals surface area (Å²) in [6.07, 6.45) is 0.0725. The van der Waals surface area contributed by atoms with Gasteiger partial charge < -0.3 is 25.1 Å². The monoisotopic (exact) mass is 421 g/mol. The van der Waals surface area contributed by atoms with Gasteiger partial charge in [-0.25, -0.2) is 18.6 Å². The lowest BCUT2D eigenvalue weighted by Crippen LogP contribution is -2.36. The minimum absolute atomic E-state index is 0.0399. The van der Waals surface area contributed by atoms with Crippen molar-refractivity contribution < 1.29 is 23.5 Å². The summed E-state index contributed by atoms with van der Waals surface area (Å²) in [5, 5.41) is 13.1. The van der Waals surface area contributed by atoms with E-state index in [-0.39, 0.29) is 36.4 Å². The maximum absolute atomic E-state index is 15.0. The van der Waals surface area contributed by atoms with Crippen LogP contribution in [0.25, 0.3) is 11.0 Å². The molecule has 0 amide bonds. The molecular formula is C19H21F2N5O4. The van der Waals surface area contributed by atoms with Crippen LogP contribution in [-0.2, 0) is 4.84 Å². The minimum atomic E-state index is -1.46. The van der Waals surface area contributed by atoms with E-state index in [1.165, 1.54) is 11.7 Å². The number of aromatic carboxylic acids is 1. The fourth-order valence-electron chi connectivity index (χ4n) is 3.83. The van der Waals surface area contributed by atoms with Gasteiger partial charge in [0.2, 0.25) is 5.43 Å². The highest BCUT2D eigenvalue weighted by molar-refractivity contribution is 5.97. The van der Waals surface area contributed by atoms with Gasteiger partial charge in [0.1, 0.15) is 24.5 Å². The molecule has 3 heterocycles. The maximum atomic E-state index is 15.0. The summed E-state index contributed by atoms with van der Waals surface area (Å²) >= 11 is 0. The molecule has 2 aromatic heterocycles. The lowest BCUT2D eigenvalue weighted by atomic mass is 9.88. The number of rotatable bonds is 5. The standard InChI is InChI=1S/C19H21F2N5O4/c1-19(7-22)8-25(6-14(19)24-30-2)17-12(21)3-9-15(27)10(18(28)29)5-26(16(9)23-17)13-4-11(13)20/h3,5,11,13H,4,6-8,22H2,1-2H3,(H,28,29)/b24-14+/t11-,13+,19?/m0/s1. The van der Waals surface area contributed by atoms with Gasteiger partial charge in [-0.3, -0.25) is 4.79 Å². The summed E-state index contributed by atoms with van der Waals surface area (Å²) < 4.78 is 30.1. The molecule has 4 rings (SSSR count). The molecule has 2 fully saturated rings. The number of nitrogens with zero attached hydrogens (tertiary/aromatic N) is 4. The van der Waals surface area contributed by atoms with Gasteiger partial charge in [0.25, 0.3) is 0 Å². The number of pyridine rings is 2. The lowest BCUT2D eigenvalue weighted by molar-refractivity contribution is 0.0694. The van der Waals surface area contributed by atoms with Crippen molar-refractivity contribution in [1.29, 1.82) is 0 Å². The Morgan fingerprint density at radius 2 is 2.23 bits per heavy atom. The summed E-state index contributed by atoms with van der Waals surface area (Å²) in [7, 11) is 1.41. The molecule has 0 bridgehead atoms. The fraction of sp³-hybridized carbons (Fsp3) is 0.474. The van der Waals surface area contributed by atoms with Gasteiger partial charge in [-0.05, 0) is 6.07 Å². The number of hydrogen-bond acceptors (Lipinski definition) is 7. The second-order valence-electron chi connectivity index (χ2n) is 7.91. The normalized spacial score (nSPS) is 27.1. The second kappa shape index (κ2) is 7.01. The van der Waals surface area contributed by atoms with Crippen molar-refractivity contribution in [2.45, 2.75) is 25.6 Å².